The molecule has 1 aliphatic heterocycles. The summed E-state index contributed by atoms with van der Waals surface area (Å²) in [6.07, 6.45) is 0. The maximum absolute atomic E-state index is 12.0. The highest BCUT2D eigenvalue weighted by atomic mass is 79.9. The van der Waals surface area contributed by atoms with Crippen molar-refractivity contribution in [3.8, 4) is 5.75 Å². The standard InChI is InChI=1S/C10H11BrN2O3/c1-10(2)12-8(14)7-6(16-3)4-5(11)9(15)13(7)10/h4H,1-3H3,(H,12,14). The molecule has 0 saturated carbocycles. The topological polar surface area (TPSA) is 60.3 Å². The van der Waals surface area contributed by atoms with Gasteiger partial charge in [-0.05, 0) is 29.8 Å². The first-order valence-electron chi connectivity index (χ1n) is 4.71. The van der Waals surface area contributed by atoms with Crippen molar-refractivity contribution in [2.24, 2.45) is 0 Å². The Hall–Kier alpha value is -1.30. The van der Waals surface area contributed by atoms with Gasteiger partial charge >= 0.3 is 0 Å². The van der Waals surface area contributed by atoms with Crippen LogP contribution in [0.15, 0.2) is 15.3 Å². The summed E-state index contributed by atoms with van der Waals surface area (Å²) in [5.74, 6) is 0.0843. The molecule has 0 saturated heterocycles. The molecule has 6 heteroatoms. The summed E-state index contributed by atoms with van der Waals surface area (Å²) in [6.45, 7) is 3.52. The van der Waals surface area contributed by atoms with Gasteiger partial charge in [-0.25, -0.2) is 0 Å². The lowest BCUT2D eigenvalue weighted by molar-refractivity contribution is 0.0933. The van der Waals surface area contributed by atoms with Crippen LogP contribution in [0.2, 0.25) is 0 Å². The van der Waals surface area contributed by atoms with Gasteiger partial charge < -0.3 is 10.1 Å². The second-order valence-corrected chi connectivity index (χ2v) is 4.92. The van der Waals surface area contributed by atoms with Crippen LogP contribution >= 0.6 is 15.9 Å². The number of aromatic nitrogens is 1. The van der Waals surface area contributed by atoms with E-state index in [0.717, 1.165) is 0 Å². The van der Waals surface area contributed by atoms with Crippen LogP contribution in [-0.4, -0.2) is 17.6 Å². The van der Waals surface area contributed by atoms with Crippen molar-refractivity contribution in [1.29, 1.82) is 0 Å². The molecule has 1 aromatic rings. The van der Waals surface area contributed by atoms with Gasteiger partial charge in [0.25, 0.3) is 11.5 Å². The van der Waals surface area contributed by atoms with Crippen LogP contribution < -0.4 is 15.6 Å². The number of rotatable bonds is 1. The Balaban J connectivity index is 2.88. The first-order valence-corrected chi connectivity index (χ1v) is 5.50. The summed E-state index contributed by atoms with van der Waals surface area (Å²) < 4.78 is 6.88. The molecule has 2 rings (SSSR count). The predicted molar refractivity (Wildman–Crippen MR) is 61.7 cm³/mol. The van der Waals surface area contributed by atoms with Gasteiger partial charge in [-0.3, -0.25) is 14.2 Å². The van der Waals surface area contributed by atoms with Gasteiger partial charge in [-0.15, -0.1) is 0 Å². The molecule has 16 heavy (non-hydrogen) atoms. The third kappa shape index (κ3) is 1.36. The SMILES string of the molecule is COc1cc(Br)c(=O)n2c1C(=O)NC2(C)C. The fraction of sp³-hybridized carbons (Fsp3) is 0.400. The number of hydrogen-bond donors (Lipinski definition) is 1. The Kier molecular flexibility index (Phi) is 2.34. The minimum absolute atomic E-state index is 0.251. The van der Waals surface area contributed by atoms with Crippen molar-refractivity contribution in [3.63, 3.8) is 0 Å². The number of pyridine rings is 1. The number of ether oxygens (including phenoxy) is 1. The molecule has 0 atom stereocenters. The summed E-state index contributed by atoms with van der Waals surface area (Å²) in [4.78, 5) is 23.7. The monoisotopic (exact) mass is 286 g/mol. The number of hydrogen-bond acceptors (Lipinski definition) is 3. The highest BCUT2D eigenvalue weighted by Crippen LogP contribution is 2.29. The summed E-state index contributed by atoms with van der Waals surface area (Å²) in [7, 11) is 1.46. The second-order valence-electron chi connectivity index (χ2n) is 4.06. The number of nitrogens with zero attached hydrogens (tertiary/aromatic N) is 1. The van der Waals surface area contributed by atoms with Gasteiger partial charge in [-0.2, -0.15) is 0 Å². The van der Waals surface area contributed by atoms with Gasteiger partial charge in [0.05, 0.1) is 11.6 Å². The second kappa shape index (κ2) is 3.35. The summed E-state index contributed by atoms with van der Waals surface area (Å²) >= 11 is 3.16. The maximum atomic E-state index is 12.0. The number of halogens is 1. The Morgan fingerprint density at radius 1 is 1.44 bits per heavy atom. The largest absolute Gasteiger partial charge is 0.494 e. The third-order valence-corrected chi connectivity index (χ3v) is 3.10. The summed E-state index contributed by atoms with van der Waals surface area (Å²) in [5, 5.41) is 2.72. The molecule has 2 heterocycles. The zero-order chi connectivity index (χ0) is 12.1. The van der Waals surface area contributed by atoms with Gasteiger partial charge in [0.15, 0.2) is 5.69 Å². The van der Waals surface area contributed by atoms with E-state index in [1.54, 1.807) is 13.8 Å². The van der Waals surface area contributed by atoms with Gasteiger partial charge in [0.2, 0.25) is 0 Å². The van der Waals surface area contributed by atoms with Crippen LogP contribution in [0.1, 0.15) is 24.3 Å². The third-order valence-electron chi connectivity index (χ3n) is 2.54. The van der Waals surface area contributed by atoms with E-state index in [2.05, 4.69) is 21.2 Å². The fourth-order valence-electron chi connectivity index (χ4n) is 1.86. The van der Waals surface area contributed by atoms with Crippen LogP contribution in [0.3, 0.4) is 0 Å². The number of fused-ring (bicyclic) bond motifs is 1. The van der Waals surface area contributed by atoms with E-state index in [0.29, 0.717) is 10.2 Å². The lowest BCUT2D eigenvalue weighted by atomic mass is 10.2. The van der Waals surface area contributed by atoms with Crippen LogP contribution in [0.4, 0.5) is 0 Å². The van der Waals surface area contributed by atoms with Gasteiger partial charge in [0.1, 0.15) is 11.4 Å². The predicted octanol–water partition coefficient (Wildman–Crippen LogP) is 1.06. The average molecular weight is 287 g/mol. The summed E-state index contributed by atoms with van der Waals surface area (Å²) in [6, 6.07) is 1.51. The van der Waals surface area contributed by atoms with Crippen LogP contribution in [0, 0.1) is 0 Å². The van der Waals surface area contributed by atoms with Crippen LogP contribution in [-0.2, 0) is 5.66 Å². The van der Waals surface area contributed by atoms with Crippen molar-refractivity contribution in [1.82, 2.24) is 9.88 Å². The molecule has 5 nitrogen and oxygen atoms in total. The van der Waals surface area contributed by atoms with E-state index in [9.17, 15) is 9.59 Å². The highest BCUT2D eigenvalue weighted by Gasteiger charge is 2.38. The average Bonchev–Trinajstić information content (AvgIpc) is 2.42. The minimum atomic E-state index is -0.736. The normalized spacial score (nSPS) is 16.9. The molecular weight excluding hydrogens is 276 g/mol. The van der Waals surface area contributed by atoms with Crippen molar-refractivity contribution < 1.29 is 9.53 Å². The molecule has 0 unspecified atom stereocenters. The van der Waals surface area contributed by atoms with E-state index in [-0.39, 0.29) is 17.2 Å². The quantitative estimate of drug-likeness (QED) is 0.840. The fourth-order valence-corrected chi connectivity index (χ4v) is 2.24. The van der Waals surface area contributed by atoms with Crippen molar-refractivity contribution in [2.75, 3.05) is 7.11 Å². The number of carbonyl (C=O) groups excluding carboxylic acids is 1. The Morgan fingerprint density at radius 2 is 2.06 bits per heavy atom. The van der Waals surface area contributed by atoms with E-state index >= 15 is 0 Å². The van der Waals surface area contributed by atoms with Crippen molar-refractivity contribution >= 4 is 21.8 Å². The molecule has 0 spiro atoms. The molecule has 0 bridgehead atoms. The first-order chi connectivity index (χ1) is 7.38. The molecule has 0 fully saturated rings. The van der Waals surface area contributed by atoms with E-state index in [1.165, 1.54) is 17.7 Å². The number of amides is 1. The number of methoxy groups -OCH3 is 1. The van der Waals surface area contributed by atoms with Crippen molar-refractivity contribution in [2.45, 2.75) is 19.5 Å². The lowest BCUT2D eigenvalue weighted by Gasteiger charge is -2.21. The number of nitrogens with one attached hydrogen (secondary N) is 1. The van der Waals surface area contributed by atoms with E-state index < -0.39 is 5.66 Å². The zero-order valence-corrected chi connectivity index (χ0v) is 10.7. The zero-order valence-electron chi connectivity index (χ0n) is 9.13. The molecule has 0 aromatic carbocycles. The smallest absolute Gasteiger partial charge is 0.273 e. The van der Waals surface area contributed by atoms with E-state index in [1.807, 2.05) is 0 Å². The maximum Gasteiger partial charge on any atom is 0.273 e. The highest BCUT2D eigenvalue weighted by molar-refractivity contribution is 9.10. The first kappa shape index (κ1) is 11.2. The molecule has 0 radical (unpaired) electrons. The summed E-state index contributed by atoms with van der Waals surface area (Å²) in [5.41, 5.74) is -0.722. The lowest BCUT2D eigenvalue weighted by Crippen LogP contribution is -2.42. The molecule has 1 aromatic heterocycles. The number of carbonyl (C=O) groups is 1. The van der Waals surface area contributed by atoms with Crippen molar-refractivity contribution in [3.05, 3.63) is 26.6 Å². The molecule has 0 aliphatic carbocycles. The molecule has 1 aliphatic rings. The van der Waals surface area contributed by atoms with Gasteiger partial charge in [-0.1, -0.05) is 0 Å². The molecule has 1 amide bonds. The Labute approximate surface area is 101 Å². The van der Waals surface area contributed by atoms with Crippen LogP contribution in [0.25, 0.3) is 0 Å². The van der Waals surface area contributed by atoms with E-state index in [4.69, 9.17) is 4.74 Å². The molecule has 1 N–H and O–H groups in total. The molecule has 86 valence electrons. The Morgan fingerprint density at radius 3 is 2.62 bits per heavy atom. The van der Waals surface area contributed by atoms with Crippen LogP contribution in [0.5, 0.6) is 5.75 Å². The van der Waals surface area contributed by atoms with Gasteiger partial charge in [0, 0.05) is 6.07 Å². The Bertz CT molecular complexity index is 534. The molecular formula is C10H11BrN2O3. The minimum Gasteiger partial charge on any atom is -0.494 e.